The summed E-state index contributed by atoms with van der Waals surface area (Å²) in [5.74, 6) is 0.587. The molecule has 1 aromatic carbocycles. The summed E-state index contributed by atoms with van der Waals surface area (Å²) >= 11 is 5.00. The maximum Gasteiger partial charge on any atom is 0.405 e. The van der Waals surface area contributed by atoms with Crippen LogP contribution in [0.1, 0.15) is 5.56 Å². The molecule has 0 bridgehead atoms. The van der Waals surface area contributed by atoms with E-state index in [1.54, 1.807) is 29.8 Å². The Morgan fingerprint density at radius 2 is 2.04 bits per heavy atom. The number of aromatic nitrogens is 1. The Morgan fingerprint density at radius 1 is 1.23 bits per heavy atom. The minimum absolute atomic E-state index is 0.219. The Bertz CT molecular complexity index is 853. The lowest BCUT2D eigenvalue weighted by molar-refractivity contribution is 0.180. The molecular formula is C19H17BrN2O3S. The molecule has 3 aromatic rings. The third-order valence-electron chi connectivity index (χ3n) is 3.75. The van der Waals surface area contributed by atoms with Crippen molar-refractivity contribution < 1.29 is 14.6 Å². The number of carboxylic acid groups (broad SMARTS) is 1. The summed E-state index contributed by atoms with van der Waals surface area (Å²) < 4.78 is 6.49. The SMILES string of the molecule is O=C(O)NC(COc1cncc(Br)c1)Cc1ccc(-c2ccsc2)cc1. The molecular weight excluding hydrogens is 416 g/mol. The zero-order valence-corrected chi connectivity index (χ0v) is 16.2. The molecule has 2 aromatic heterocycles. The number of rotatable bonds is 7. The molecule has 0 spiro atoms. The first-order valence-corrected chi connectivity index (χ1v) is 9.68. The minimum atomic E-state index is -1.07. The van der Waals surface area contributed by atoms with Crippen LogP contribution in [0.2, 0.25) is 0 Å². The largest absolute Gasteiger partial charge is 0.490 e. The maximum atomic E-state index is 11.1. The summed E-state index contributed by atoms with van der Waals surface area (Å²) in [7, 11) is 0. The molecule has 0 aliphatic heterocycles. The second-order valence-corrected chi connectivity index (χ2v) is 7.41. The number of carbonyl (C=O) groups is 1. The van der Waals surface area contributed by atoms with Crippen molar-refractivity contribution in [3.8, 4) is 16.9 Å². The van der Waals surface area contributed by atoms with E-state index in [1.165, 1.54) is 5.56 Å². The van der Waals surface area contributed by atoms with E-state index in [4.69, 9.17) is 9.84 Å². The van der Waals surface area contributed by atoms with E-state index in [0.29, 0.717) is 12.2 Å². The van der Waals surface area contributed by atoms with Crippen LogP contribution in [0.5, 0.6) is 5.75 Å². The fraction of sp³-hybridized carbons (Fsp3) is 0.158. The van der Waals surface area contributed by atoms with Gasteiger partial charge in [-0.05, 0) is 61.9 Å². The van der Waals surface area contributed by atoms with Crippen LogP contribution >= 0.6 is 27.3 Å². The normalized spacial score (nSPS) is 11.7. The van der Waals surface area contributed by atoms with Crippen LogP contribution in [-0.4, -0.2) is 28.8 Å². The van der Waals surface area contributed by atoms with Crippen LogP contribution in [-0.2, 0) is 6.42 Å². The molecule has 1 atom stereocenters. The standard InChI is InChI=1S/C19H17BrN2O3S/c20-16-8-18(10-21-9-16)25-11-17(22-19(23)24)7-13-1-3-14(4-2-13)15-5-6-26-12-15/h1-6,8-10,12,17,22H,7,11H2,(H,23,24). The zero-order chi connectivity index (χ0) is 18.4. The Labute approximate surface area is 163 Å². The smallest absolute Gasteiger partial charge is 0.405 e. The molecule has 0 saturated heterocycles. The molecule has 0 aliphatic rings. The van der Waals surface area contributed by atoms with Crippen LogP contribution in [0.25, 0.3) is 11.1 Å². The van der Waals surface area contributed by atoms with E-state index in [9.17, 15) is 4.79 Å². The number of hydrogen-bond donors (Lipinski definition) is 2. The van der Waals surface area contributed by atoms with Gasteiger partial charge in [0.2, 0.25) is 0 Å². The number of thiophene rings is 1. The Balaban J connectivity index is 1.65. The molecule has 2 heterocycles. The van der Waals surface area contributed by atoms with Crippen LogP contribution in [0.3, 0.4) is 0 Å². The lowest BCUT2D eigenvalue weighted by Gasteiger charge is -2.18. The summed E-state index contributed by atoms with van der Waals surface area (Å²) in [6.45, 7) is 0.219. The van der Waals surface area contributed by atoms with Crippen molar-refractivity contribution in [1.29, 1.82) is 0 Å². The summed E-state index contributed by atoms with van der Waals surface area (Å²) in [4.78, 5) is 15.1. The number of nitrogens with one attached hydrogen (secondary N) is 1. The first kappa shape index (κ1) is 18.4. The monoisotopic (exact) mass is 432 g/mol. The number of pyridine rings is 1. The van der Waals surface area contributed by atoms with Crippen molar-refractivity contribution in [3.63, 3.8) is 0 Å². The Morgan fingerprint density at radius 3 is 2.69 bits per heavy atom. The van der Waals surface area contributed by atoms with Gasteiger partial charge in [-0.1, -0.05) is 24.3 Å². The maximum absolute atomic E-state index is 11.1. The fourth-order valence-corrected chi connectivity index (χ4v) is 3.55. The fourth-order valence-electron chi connectivity index (χ4n) is 2.54. The highest BCUT2D eigenvalue weighted by atomic mass is 79.9. The van der Waals surface area contributed by atoms with E-state index in [2.05, 4.69) is 37.7 Å². The van der Waals surface area contributed by atoms with Crippen molar-refractivity contribution in [3.05, 3.63) is 69.6 Å². The second-order valence-electron chi connectivity index (χ2n) is 5.71. The van der Waals surface area contributed by atoms with Crippen molar-refractivity contribution in [2.45, 2.75) is 12.5 Å². The molecule has 1 amide bonds. The molecule has 0 radical (unpaired) electrons. The highest BCUT2D eigenvalue weighted by Gasteiger charge is 2.14. The van der Waals surface area contributed by atoms with Gasteiger partial charge in [-0.3, -0.25) is 4.98 Å². The van der Waals surface area contributed by atoms with Crippen LogP contribution in [0.4, 0.5) is 4.79 Å². The van der Waals surface area contributed by atoms with E-state index in [0.717, 1.165) is 15.6 Å². The third-order valence-corrected chi connectivity index (χ3v) is 4.87. The van der Waals surface area contributed by atoms with Gasteiger partial charge in [0, 0.05) is 10.7 Å². The van der Waals surface area contributed by atoms with Gasteiger partial charge >= 0.3 is 6.09 Å². The van der Waals surface area contributed by atoms with Crippen LogP contribution < -0.4 is 10.1 Å². The summed E-state index contributed by atoms with van der Waals surface area (Å²) in [5, 5.41) is 15.8. The molecule has 1 unspecified atom stereocenters. The number of nitrogens with zero attached hydrogens (tertiary/aromatic N) is 1. The average Bonchev–Trinajstić information content (AvgIpc) is 3.15. The van der Waals surface area contributed by atoms with E-state index in [-0.39, 0.29) is 12.6 Å². The van der Waals surface area contributed by atoms with Crippen LogP contribution in [0.15, 0.2) is 64.0 Å². The van der Waals surface area contributed by atoms with Crippen molar-refractivity contribution in [1.82, 2.24) is 10.3 Å². The predicted octanol–water partition coefficient (Wildman–Crippen LogP) is 4.83. The third kappa shape index (κ3) is 5.31. The van der Waals surface area contributed by atoms with Gasteiger partial charge in [0.15, 0.2) is 0 Å². The summed E-state index contributed by atoms with van der Waals surface area (Å²) in [6.07, 6.45) is 2.73. The molecule has 0 fully saturated rings. The average molecular weight is 433 g/mol. The molecule has 134 valence electrons. The van der Waals surface area contributed by atoms with Crippen molar-refractivity contribution in [2.24, 2.45) is 0 Å². The van der Waals surface area contributed by atoms with Gasteiger partial charge in [-0.25, -0.2) is 4.79 Å². The minimum Gasteiger partial charge on any atom is -0.490 e. The van der Waals surface area contributed by atoms with Crippen LogP contribution in [0, 0.1) is 0 Å². The Kier molecular flexibility index (Phi) is 6.25. The lowest BCUT2D eigenvalue weighted by atomic mass is 10.0. The molecule has 7 heteroatoms. The van der Waals surface area contributed by atoms with E-state index in [1.807, 2.05) is 29.6 Å². The second kappa shape index (κ2) is 8.82. The molecule has 2 N–H and O–H groups in total. The molecule has 26 heavy (non-hydrogen) atoms. The first-order valence-electron chi connectivity index (χ1n) is 7.94. The number of ether oxygens (including phenoxy) is 1. The Hall–Kier alpha value is -2.38. The zero-order valence-electron chi connectivity index (χ0n) is 13.8. The summed E-state index contributed by atoms with van der Waals surface area (Å²) in [6, 6.07) is 11.6. The number of amides is 1. The number of halogens is 1. The van der Waals surface area contributed by atoms with Gasteiger partial charge in [0.1, 0.15) is 12.4 Å². The highest BCUT2D eigenvalue weighted by Crippen LogP contribution is 2.23. The van der Waals surface area contributed by atoms with E-state index >= 15 is 0 Å². The van der Waals surface area contributed by atoms with Crippen molar-refractivity contribution in [2.75, 3.05) is 6.61 Å². The van der Waals surface area contributed by atoms with Gasteiger partial charge < -0.3 is 15.2 Å². The van der Waals surface area contributed by atoms with Crippen molar-refractivity contribution >= 4 is 33.4 Å². The first-order chi connectivity index (χ1) is 12.6. The summed E-state index contributed by atoms with van der Waals surface area (Å²) in [5.41, 5.74) is 3.38. The molecule has 3 rings (SSSR count). The van der Waals surface area contributed by atoms with Gasteiger partial charge in [0.25, 0.3) is 0 Å². The van der Waals surface area contributed by atoms with E-state index < -0.39 is 6.09 Å². The molecule has 5 nitrogen and oxygen atoms in total. The van der Waals surface area contributed by atoms with Gasteiger partial charge in [-0.2, -0.15) is 11.3 Å². The number of benzene rings is 1. The number of hydrogen-bond acceptors (Lipinski definition) is 4. The van der Waals surface area contributed by atoms with Gasteiger partial charge in [0.05, 0.1) is 12.2 Å². The molecule has 0 aliphatic carbocycles. The predicted molar refractivity (Wildman–Crippen MR) is 106 cm³/mol. The lowest BCUT2D eigenvalue weighted by Crippen LogP contribution is -2.39. The quantitative estimate of drug-likeness (QED) is 0.560. The van der Waals surface area contributed by atoms with Gasteiger partial charge in [-0.15, -0.1) is 0 Å². The topological polar surface area (TPSA) is 71.5 Å². The highest BCUT2D eigenvalue weighted by molar-refractivity contribution is 9.10. The molecule has 0 saturated carbocycles.